The summed E-state index contributed by atoms with van der Waals surface area (Å²) >= 11 is 4.45. The van der Waals surface area contributed by atoms with E-state index < -0.39 is 6.03 Å². The molecule has 156 valence electrons. The van der Waals surface area contributed by atoms with Gasteiger partial charge < -0.3 is 10.3 Å². The lowest BCUT2D eigenvalue weighted by Crippen LogP contribution is -2.19. The highest BCUT2D eigenvalue weighted by Crippen LogP contribution is 2.18. The fraction of sp³-hybridized carbons (Fsp3) is 0.0500. The van der Waals surface area contributed by atoms with Crippen LogP contribution in [-0.4, -0.2) is 33.3 Å². The number of carbonyl (C=O) groups is 2. The van der Waals surface area contributed by atoms with Gasteiger partial charge in [-0.05, 0) is 30.3 Å². The van der Waals surface area contributed by atoms with Gasteiger partial charge in [0.25, 0.3) is 0 Å². The topological polar surface area (TPSA) is 124 Å². The molecular formula is C20H16BrN7O2S. The fourth-order valence-electron chi connectivity index (χ4n) is 2.72. The number of hydrogen-bond donors (Lipinski definition) is 4. The summed E-state index contributed by atoms with van der Waals surface area (Å²) in [6, 6.07) is 14.5. The second kappa shape index (κ2) is 9.49. The Morgan fingerprint density at radius 3 is 2.74 bits per heavy atom. The van der Waals surface area contributed by atoms with Gasteiger partial charge in [0.1, 0.15) is 5.01 Å². The zero-order chi connectivity index (χ0) is 21.6. The predicted molar refractivity (Wildman–Crippen MR) is 124 cm³/mol. The number of aromatic amines is 1. The minimum absolute atomic E-state index is 0.00109. The van der Waals surface area contributed by atoms with Crippen LogP contribution in [0.3, 0.4) is 0 Å². The summed E-state index contributed by atoms with van der Waals surface area (Å²) in [5, 5.41) is 18.9. The van der Waals surface area contributed by atoms with Crippen LogP contribution in [0.15, 0.2) is 64.3 Å². The largest absolute Gasteiger partial charge is 0.361 e. The lowest BCUT2D eigenvalue weighted by Gasteiger charge is -2.04. The van der Waals surface area contributed by atoms with Gasteiger partial charge in [-0.15, -0.1) is 10.2 Å². The molecule has 2 aromatic carbocycles. The lowest BCUT2D eigenvalue weighted by molar-refractivity contribution is -0.120. The molecule has 31 heavy (non-hydrogen) atoms. The van der Waals surface area contributed by atoms with Gasteiger partial charge in [-0.3, -0.25) is 10.1 Å². The molecule has 0 atom stereocenters. The summed E-state index contributed by atoms with van der Waals surface area (Å²) in [4.78, 5) is 27.3. The molecule has 2 heterocycles. The van der Waals surface area contributed by atoms with Gasteiger partial charge >= 0.3 is 6.03 Å². The van der Waals surface area contributed by atoms with Crippen LogP contribution in [-0.2, 0) is 11.2 Å². The Bertz CT molecular complexity index is 1250. The highest BCUT2D eigenvalue weighted by Gasteiger charge is 2.11. The van der Waals surface area contributed by atoms with E-state index in [-0.39, 0.29) is 12.3 Å². The Morgan fingerprint density at radius 2 is 1.90 bits per heavy atom. The first-order valence-electron chi connectivity index (χ1n) is 9.11. The number of anilines is 2. The third-order valence-corrected chi connectivity index (χ3v) is 5.48. The molecule has 4 aromatic rings. The number of benzene rings is 2. The lowest BCUT2D eigenvalue weighted by atomic mass is 10.2. The monoisotopic (exact) mass is 497 g/mol. The first-order chi connectivity index (χ1) is 15.1. The quantitative estimate of drug-likeness (QED) is 0.236. The number of carbonyl (C=O) groups excluding carboxylic acids is 2. The van der Waals surface area contributed by atoms with Crippen molar-refractivity contribution in [2.45, 2.75) is 6.42 Å². The third-order valence-electron chi connectivity index (χ3n) is 4.12. The van der Waals surface area contributed by atoms with E-state index in [2.05, 4.69) is 52.3 Å². The molecule has 0 fully saturated rings. The van der Waals surface area contributed by atoms with Gasteiger partial charge in [-0.2, -0.15) is 5.10 Å². The van der Waals surface area contributed by atoms with Crippen molar-refractivity contribution in [2.24, 2.45) is 5.10 Å². The zero-order valence-corrected chi connectivity index (χ0v) is 18.3. The van der Waals surface area contributed by atoms with Crippen LogP contribution in [0.2, 0.25) is 0 Å². The third kappa shape index (κ3) is 5.53. The van der Waals surface area contributed by atoms with Crippen molar-refractivity contribution in [3.05, 3.63) is 69.8 Å². The normalized spacial score (nSPS) is 11.0. The molecule has 0 radical (unpaired) electrons. The van der Waals surface area contributed by atoms with Crippen LogP contribution < -0.4 is 16.1 Å². The minimum atomic E-state index is -0.446. The Kier molecular flexibility index (Phi) is 6.34. The molecule has 11 heteroatoms. The van der Waals surface area contributed by atoms with Gasteiger partial charge in [0.2, 0.25) is 11.0 Å². The van der Waals surface area contributed by atoms with E-state index >= 15 is 0 Å². The number of nitrogens with one attached hydrogen (secondary N) is 4. The first-order valence-corrected chi connectivity index (χ1v) is 10.7. The van der Waals surface area contributed by atoms with Gasteiger partial charge in [-0.25, -0.2) is 10.2 Å². The van der Waals surface area contributed by atoms with Crippen molar-refractivity contribution >= 4 is 67.1 Å². The van der Waals surface area contributed by atoms with Crippen molar-refractivity contribution in [1.29, 1.82) is 0 Å². The number of hydrogen-bond acceptors (Lipinski definition) is 6. The number of amides is 3. The van der Waals surface area contributed by atoms with E-state index in [9.17, 15) is 9.59 Å². The average Bonchev–Trinajstić information content (AvgIpc) is 3.36. The summed E-state index contributed by atoms with van der Waals surface area (Å²) in [5.41, 5.74) is 4.97. The van der Waals surface area contributed by atoms with Gasteiger partial charge in [0.15, 0.2) is 0 Å². The number of para-hydroxylation sites is 1. The number of urea groups is 1. The molecule has 0 aliphatic carbocycles. The maximum atomic E-state index is 12.1. The standard InChI is InChI=1S/C20H16BrN7O2S/c21-13-5-7-14(8-6-13)24-19(30)25-20-28-27-18(31-20)9-17(29)26-23-11-12-10-22-16-4-2-1-3-15(12)16/h1-8,10-11,22H,9H2,(H,26,29)(H2,24,25,28,30)/b23-11-. The molecule has 0 unspecified atom stereocenters. The van der Waals surface area contributed by atoms with Crippen LogP contribution in [0.5, 0.6) is 0 Å². The van der Waals surface area contributed by atoms with E-state index in [1.54, 1.807) is 18.3 Å². The Labute approximate surface area is 189 Å². The van der Waals surface area contributed by atoms with Crippen LogP contribution in [0.25, 0.3) is 10.9 Å². The summed E-state index contributed by atoms with van der Waals surface area (Å²) in [7, 11) is 0. The number of nitrogens with zero attached hydrogens (tertiary/aromatic N) is 3. The number of fused-ring (bicyclic) bond motifs is 1. The predicted octanol–water partition coefficient (Wildman–Crippen LogP) is 4.12. The molecule has 9 nitrogen and oxygen atoms in total. The number of halogens is 1. The number of aromatic nitrogens is 3. The van der Waals surface area contributed by atoms with E-state index in [1.165, 1.54) is 0 Å². The molecule has 4 rings (SSSR count). The van der Waals surface area contributed by atoms with Crippen LogP contribution in [0, 0.1) is 0 Å². The van der Waals surface area contributed by atoms with Gasteiger partial charge in [0.05, 0.1) is 12.6 Å². The fourth-order valence-corrected chi connectivity index (χ4v) is 3.72. The van der Waals surface area contributed by atoms with E-state index in [4.69, 9.17) is 0 Å². The second-order valence-electron chi connectivity index (χ2n) is 6.35. The molecule has 0 aliphatic heterocycles. The Balaban J connectivity index is 1.27. The molecule has 0 spiro atoms. The van der Waals surface area contributed by atoms with Crippen molar-refractivity contribution in [3.63, 3.8) is 0 Å². The second-order valence-corrected chi connectivity index (χ2v) is 8.32. The average molecular weight is 498 g/mol. The highest BCUT2D eigenvalue weighted by atomic mass is 79.9. The zero-order valence-electron chi connectivity index (χ0n) is 15.9. The minimum Gasteiger partial charge on any atom is -0.361 e. The molecular weight excluding hydrogens is 482 g/mol. The Hall–Kier alpha value is -3.57. The smallest absolute Gasteiger partial charge is 0.325 e. The van der Waals surface area contributed by atoms with Crippen LogP contribution in [0.4, 0.5) is 15.6 Å². The summed E-state index contributed by atoms with van der Waals surface area (Å²) < 4.78 is 0.913. The SMILES string of the molecule is O=C(Cc1nnc(NC(=O)Nc2ccc(Br)cc2)s1)N/N=C\c1c[nH]c2ccccc12. The summed E-state index contributed by atoms with van der Waals surface area (Å²) in [6.45, 7) is 0. The Morgan fingerprint density at radius 1 is 1.10 bits per heavy atom. The summed E-state index contributed by atoms with van der Waals surface area (Å²) in [5.74, 6) is -0.335. The first kappa shape index (κ1) is 20.7. The molecule has 0 saturated carbocycles. The van der Waals surface area contributed by atoms with Crippen LogP contribution in [0.1, 0.15) is 10.6 Å². The van der Waals surface area contributed by atoms with Crippen molar-refractivity contribution in [1.82, 2.24) is 20.6 Å². The number of H-pyrrole nitrogens is 1. The molecule has 3 amide bonds. The summed E-state index contributed by atoms with van der Waals surface area (Å²) in [6.07, 6.45) is 3.40. The highest BCUT2D eigenvalue weighted by molar-refractivity contribution is 9.10. The van der Waals surface area contributed by atoms with E-state index in [0.717, 1.165) is 32.3 Å². The van der Waals surface area contributed by atoms with E-state index in [0.29, 0.717) is 15.8 Å². The van der Waals surface area contributed by atoms with Crippen LogP contribution >= 0.6 is 27.3 Å². The molecule has 0 aliphatic rings. The van der Waals surface area contributed by atoms with Crippen molar-refractivity contribution < 1.29 is 9.59 Å². The molecule has 2 aromatic heterocycles. The van der Waals surface area contributed by atoms with Crippen molar-refractivity contribution in [3.8, 4) is 0 Å². The molecule has 0 saturated heterocycles. The maximum Gasteiger partial charge on any atom is 0.325 e. The van der Waals surface area contributed by atoms with Gasteiger partial charge in [-0.1, -0.05) is 45.5 Å². The van der Waals surface area contributed by atoms with Gasteiger partial charge in [0, 0.05) is 32.8 Å². The molecule has 4 N–H and O–H groups in total. The molecule has 0 bridgehead atoms. The van der Waals surface area contributed by atoms with E-state index in [1.807, 2.05) is 42.6 Å². The number of hydrazone groups is 1. The van der Waals surface area contributed by atoms with Crippen molar-refractivity contribution in [2.75, 3.05) is 10.6 Å². The number of rotatable bonds is 6. The maximum absolute atomic E-state index is 12.1.